The van der Waals surface area contributed by atoms with Crippen molar-refractivity contribution in [1.29, 1.82) is 0 Å². The molecule has 0 heterocycles. The lowest BCUT2D eigenvalue weighted by atomic mass is 10.0. The van der Waals surface area contributed by atoms with Gasteiger partial charge in [-0.05, 0) is 55.2 Å². The van der Waals surface area contributed by atoms with Crippen molar-refractivity contribution in [3.63, 3.8) is 0 Å². The van der Waals surface area contributed by atoms with Gasteiger partial charge in [0, 0.05) is 11.3 Å². The van der Waals surface area contributed by atoms with Gasteiger partial charge in [0.25, 0.3) is 5.91 Å². The minimum atomic E-state index is -0.197. The lowest BCUT2D eigenvalue weighted by Gasteiger charge is -2.22. The van der Waals surface area contributed by atoms with Gasteiger partial charge in [0.15, 0.2) is 17.5 Å². The van der Waals surface area contributed by atoms with Crippen molar-refractivity contribution in [2.24, 2.45) is 0 Å². The van der Waals surface area contributed by atoms with Gasteiger partial charge in [-0.3, -0.25) is 4.79 Å². The number of hydrogen-bond donors (Lipinski definition) is 2. The molecule has 1 unspecified atom stereocenters. The summed E-state index contributed by atoms with van der Waals surface area (Å²) in [5.41, 5.74) is 4.35. The van der Waals surface area contributed by atoms with E-state index in [0.29, 0.717) is 18.2 Å². The fourth-order valence-electron chi connectivity index (χ4n) is 3.09. The lowest BCUT2D eigenvalue weighted by molar-refractivity contribution is -0.907. The third-order valence-electron chi connectivity index (χ3n) is 5.29. The minimum absolute atomic E-state index is 0.00734. The molecule has 0 bridgehead atoms. The number of quaternary nitrogens is 1. The first-order chi connectivity index (χ1) is 13.3. The fraction of sp³-hybridized carbons (Fsp3) is 0.435. The normalized spacial score (nSPS) is 13.1. The van der Waals surface area contributed by atoms with Crippen LogP contribution in [-0.2, 0) is 11.3 Å². The number of anilines is 1. The van der Waals surface area contributed by atoms with E-state index in [1.807, 2.05) is 45.2 Å². The van der Waals surface area contributed by atoms with Crippen LogP contribution in [0.25, 0.3) is 0 Å². The summed E-state index contributed by atoms with van der Waals surface area (Å²) in [7, 11) is 5.30. The number of rotatable bonds is 8. The zero-order valence-corrected chi connectivity index (χ0v) is 18.1. The molecule has 0 aliphatic heterocycles. The van der Waals surface area contributed by atoms with Gasteiger partial charge in [-0.1, -0.05) is 26.0 Å². The van der Waals surface area contributed by atoms with Crippen molar-refractivity contribution in [3.05, 3.63) is 53.1 Å². The van der Waals surface area contributed by atoms with E-state index in [1.165, 1.54) is 5.56 Å². The van der Waals surface area contributed by atoms with Crippen LogP contribution >= 0.6 is 0 Å². The number of aryl methyl sites for hydroxylation is 1. The largest absolute Gasteiger partial charge is 0.493 e. The lowest BCUT2D eigenvalue weighted by Crippen LogP contribution is -3.12. The maximum absolute atomic E-state index is 12.7. The summed E-state index contributed by atoms with van der Waals surface area (Å²) in [4.78, 5) is 13.8. The SMILES string of the molecule is COc1cc(C)c(C[NH+](C)[C@@H](C)C(=O)Nc2ccc(C(C)C)cc2)cc1OC. The number of benzene rings is 2. The zero-order chi connectivity index (χ0) is 20.8. The van der Waals surface area contributed by atoms with Crippen molar-refractivity contribution in [3.8, 4) is 11.5 Å². The van der Waals surface area contributed by atoms with Crippen molar-refractivity contribution in [2.75, 3.05) is 26.6 Å². The Balaban J connectivity index is 2.05. The number of nitrogens with one attached hydrogen (secondary N) is 2. The molecule has 28 heavy (non-hydrogen) atoms. The Morgan fingerprint density at radius 3 is 2.14 bits per heavy atom. The number of hydrogen-bond acceptors (Lipinski definition) is 3. The van der Waals surface area contributed by atoms with Crippen LogP contribution in [0.15, 0.2) is 36.4 Å². The second-order valence-corrected chi connectivity index (χ2v) is 7.64. The smallest absolute Gasteiger partial charge is 0.282 e. The summed E-state index contributed by atoms with van der Waals surface area (Å²) >= 11 is 0. The molecule has 0 saturated heterocycles. The Hall–Kier alpha value is -2.53. The molecule has 1 amide bonds. The maximum Gasteiger partial charge on any atom is 0.282 e. The Labute approximate surface area is 168 Å². The van der Waals surface area contributed by atoms with Crippen molar-refractivity contribution >= 4 is 11.6 Å². The van der Waals surface area contributed by atoms with Gasteiger partial charge in [0.05, 0.1) is 21.3 Å². The molecule has 0 saturated carbocycles. The molecular weight excluding hydrogens is 352 g/mol. The highest BCUT2D eigenvalue weighted by Crippen LogP contribution is 2.29. The molecule has 2 atom stereocenters. The van der Waals surface area contributed by atoms with Gasteiger partial charge >= 0.3 is 0 Å². The van der Waals surface area contributed by atoms with Crippen LogP contribution in [0.5, 0.6) is 11.5 Å². The zero-order valence-electron chi connectivity index (χ0n) is 18.1. The summed E-state index contributed by atoms with van der Waals surface area (Å²) in [5, 5.41) is 3.03. The molecule has 0 radical (unpaired) electrons. The van der Waals surface area contributed by atoms with E-state index < -0.39 is 0 Å². The van der Waals surface area contributed by atoms with Gasteiger partial charge in [0.1, 0.15) is 6.54 Å². The second-order valence-electron chi connectivity index (χ2n) is 7.64. The molecule has 5 nitrogen and oxygen atoms in total. The average molecular weight is 386 g/mol. The van der Waals surface area contributed by atoms with Crippen molar-refractivity contribution in [2.45, 2.75) is 46.2 Å². The molecule has 0 aliphatic carbocycles. The first-order valence-corrected chi connectivity index (χ1v) is 9.71. The molecule has 0 aromatic heterocycles. The van der Waals surface area contributed by atoms with E-state index in [0.717, 1.165) is 27.5 Å². The Morgan fingerprint density at radius 1 is 1.04 bits per heavy atom. The van der Waals surface area contributed by atoms with Crippen LogP contribution < -0.4 is 19.7 Å². The van der Waals surface area contributed by atoms with E-state index in [-0.39, 0.29) is 11.9 Å². The van der Waals surface area contributed by atoms with Crippen molar-refractivity contribution in [1.82, 2.24) is 0 Å². The number of methoxy groups -OCH3 is 2. The van der Waals surface area contributed by atoms with Crippen LogP contribution in [0.3, 0.4) is 0 Å². The van der Waals surface area contributed by atoms with Gasteiger partial charge < -0.3 is 19.7 Å². The van der Waals surface area contributed by atoms with Crippen LogP contribution in [0, 0.1) is 6.92 Å². The number of amides is 1. The number of likely N-dealkylation sites (N-methyl/N-ethyl adjacent to an activating group) is 1. The summed E-state index contributed by atoms with van der Waals surface area (Å²) < 4.78 is 10.8. The van der Waals surface area contributed by atoms with E-state index in [9.17, 15) is 4.79 Å². The average Bonchev–Trinajstić information content (AvgIpc) is 2.68. The topological polar surface area (TPSA) is 52.0 Å². The van der Waals surface area contributed by atoms with Gasteiger partial charge in [-0.2, -0.15) is 0 Å². The molecule has 0 aliphatic rings. The standard InChI is InChI=1S/C23H32N2O3/c1-15(2)18-8-10-20(11-9-18)24-23(26)17(4)25(5)14-19-13-22(28-7)21(27-6)12-16(19)3/h8-13,15,17H,14H2,1-7H3,(H,24,26)/p+1/t17-/m0/s1. The Morgan fingerprint density at radius 2 is 1.61 bits per heavy atom. The third-order valence-corrected chi connectivity index (χ3v) is 5.29. The van der Waals surface area contributed by atoms with E-state index in [4.69, 9.17) is 9.47 Å². The van der Waals surface area contributed by atoms with Crippen molar-refractivity contribution < 1.29 is 19.2 Å². The minimum Gasteiger partial charge on any atom is -0.493 e. The Bertz CT molecular complexity index is 800. The predicted molar refractivity (Wildman–Crippen MR) is 113 cm³/mol. The monoisotopic (exact) mass is 385 g/mol. The highest BCUT2D eigenvalue weighted by Gasteiger charge is 2.23. The van der Waals surface area contributed by atoms with E-state index >= 15 is 0 Å². The van der Waals surface area contributed by atoms with Crippen LogP contribution in [0.2, 0.25) is 0 Å². The number of carbonyl (C=O) groups excluding carboxylic acids is 1. The molecule has 5 heteroatoms. The predicted octanol–water partition coefficient (Wildman–Crippen LogP) is 3.18. The molecule has 2 aromatic carbocycles. The first kappa shape index (κ1) is 21.8. The number of carbonyl (C=O) groups is 1. The molecule has 0 fully saturated rings. The third kappa shape index (κ3) is 5.26. The van der Waals surface area contributed by atoms with Crippen LogP contribution in [-0.4, -0.2) is 33.2 Å². The van der Waals surface area contributed by atoms with Gasteiger partial charge in [-0.25, -0.2) is 0 Å². The highest BCUT2D eigenvalue weighted by molar-refractivity contribution is 5.93. The molecule has 0 spiro atoms. The van der Waals surface area contributed by atoms with Gasteiger partial charge in [-0.15, -0.1) is 0 Å². The van der Waals surface area contributed by atoms with E-state index in [2.05, 4.69) is 31.3 Å². The maximum atomic E-state index is 12.7. The molecule has 2 N–H and O–H groups in total. The second kappa shape index (κ2) is 9.60. The van der Waals surface area contributed by atoms with Crippen LogP contribution in [0.1, 0.15) is 43.4 Å². The molecule has 2 rings (SSSR count). The van der Waals surface area contributed by atoms with Crippen LogP contribution in [0.4, 0.5) is 5.69 Å². The number of ether oxygens (including phenoxy) is 2. The first-order valence-electron chi connectivity index (χ1n) is 9.71. The summed E-state index contributed by atoms with van der Waals surface area (Å²) in [6, 6.07) is 11.8. The Kier molecular flexibility index (Phi) is 7.46. The quantitative estimate of drug-likeness (QED) is 0.734. The molecule has 152 valence electrons. The van der Waals surface area contributed by atoms with Gasteiger partial charge in [0.2, 0.25) is 0 Å². The summed E-state index contributed by atoms with van der Waals surface area (Å²) in [6.45, 7) is 9.02. The van der Waals surface area contributed by atoms with E-state index in [1.54, 1.807) is 14.2 Å². The fourth-order valence-corrected chi connectivity index (χ4v) is 3.09. The highest BCUT2D eigenvalue weighted by atomic mass is 16.5. The summed E-state index contributed by atoms with van der Waals surface area (Å²) in [6.07, 6.45) is 0. The molecular formula is C23H33N2O3+. The molecule has 2 aromatic rings. The summed E-state index contributed by atoms with van der Waals surface area (Å²) in [5.74, 6) is 1.91.